The third-order valence-corrected chi connectivity index (χ3v) is 3.70. The fraction of sp³-hybridized carbons (Fsp3) is 0.412. The van der Waals surface area contributed by atoms with Gasteiger partial charge in [-0.1, -0.05) is 0 Å². The smallest absolute Gasteiger partial charge is 0.252 e. The van der Waals surface area contributed by atoms with Crippen molar-refractivity contribution in [3.8, 4) is 5.88 Å². The largest absolute Gasteiger partial charge is 0.476 e. The highest BCUT2D eigenvalue weighted by atomic mass is 16.5. The Bertz CT molecular complexity index is 705. The zero-order valence-corrected chi connectivity index (χ0v) is 14.1. The summed E-state index contributed by atoms with van der Waals surface area (Å²) in [5, 5.41) is 2.79. The third kappa shape index (κ3) is 4.87. The maximum Gasteiger partial charge on any atom is 0.252 e. The molecule has 1 saturated heterocycles. The molecule has 2 aromatic rings. The van der Waals surface area contributed by atoms with Crippen LogP contribution in [0.4, 0.5) is 5.82 Å². The minimum absolute atomic E-state index is 0.176. The van der Waals surface area contributed by atoms with E-state index in [1.54, 1.807) is 18.3 Å². The minimum Gasteiger partial charge on any atom is -0.476 e. The highest BCUT2D eigenvalue weighted by Gasteiger charge is 2.14. The second-order valence-corrected chi connectivity index (χ2v) is 5.56. The van der Waals surface area contributed by atoms with Crippen molar-refractivity contribution in [2.45, 2.75) is 6.92 Å². The van der Waals surface area contributed by atoms with Crippen molar-refractivity contribution in [3.63, 3.8) is 0 Å². The van der Waals surface area contributed by atoms with E-state index in [0.29, 0.717) is 43.6 Å². The van der Waals surface area contributed by atoms with E-state index in [0.717, 1.165) is 18.9 Å². The molecule has 8 heteroatoms. The van der Waals surface area contributed by atoms with Crippen LogP contribution in [0.1, 0.15) is 16.2 Å². The van der Waals surface area contributed by atoms with Crippen molar-refractivity contribution < 1.29 is 14.3 Å². The summed E-state index contributed by atoms with van der Waals surface area (Å²) in [5.41, 5.74) is 0.523. The molecule has 1 N–H and O–H groups in total. The molecule has 0 aliphatic carbocycles. The number of aryl methyl sites for hydroxylation is 1. The predicted molar refractivity (Wildman–Crippen MR) is 91.9 cm³/mol. The van der Waals surface area contributed by atoms with E-state index in [1.165, 1.54) is 6.20 Å². The van der Waals surface area contributed by atoms with Crippen LogP contribution in [0.5, 0.6) is 5.88 Å². The number of nitrogens with zero attached hydrogens (tertiary/aromatic N) is 4. The van der Waals surface area contributed by atoms with Gasteiger partial charge in [-0.2, -0.15) is 4.98 Å². The number of rotatable bonds is 6. The zero-order valence-electron chi connectivity index (χ0n) is 14.1. The Morgan fingerprint density at radius 2 is 2.20 bits per heavy atom. The van der Waals surface area contributed by atoms with Gasteiger partial charge in [0, 0.05) is 31.5 Å². The number of ether oxygens (including phenoxy) is 2. The Morgan fingerprint density at radius 3 is 2.96 bits per heavy atom. The number of hydrogen-bond acceptors (Lipinski definition) is 7. The zero-order chi connectivity index (χ0) is 17.5. The number of carbonyl (C=O) groups excluding carboxylic acids is 1. The van der Waals surface area contributed by atoms with Crippen LogP contribution in [0.25, 0.3) is 0 Å². The molecule has 1 aliphatic heterocycles. The molecule has 8 nitrogen and oxygen atoms in total. The summed E-state index contributed by atoms with van der Waals surface area (Å²) in [6.45, 7) is 5.53. The lowest BCUT2D eigenvalue weighted by atomic mass is 10.3. The molecule has 25 heavy (non-hydrogen) atoms. The molecule has 1 aliphatic rings. The number of amides is 1. The maximum absolute atomic E-state index is 11.9. The number of pyridine rings is 1. The highest BCUT2D eigenvalue weighted by Crippen LogP contribution is 2.18. The minimum atomic E-state index is -0.176. The van der Waals surface area contributed by atoms with Crippen molar-refractivity contribution in [3.05, 3.63) is 42.0 Å². The molecule has 0 unspecified atom stereocenters. The summed E-state index contributed by atoms with van der Waals surface area (Å²) in [7, 11) is 0. The van der Waals surface area contributed by atoms with Crippen molar-refractivity contribution >= 4 is 11.7 Å². The highest BCUT2D eigenvalue weighted by molar-refractivity contribution is 5.93. The molecule has 132 valence electrons. The molecule has 1 amide bonds. The van der Waals surface area contributed by atoms with Crippen molar-refractivity contribution in [2.24, 2.45) is 0 Å². The molecule has 0 aromatic carbocycles. The van der Waals surface area contributed by atoms with E-state index >= 15 is 0 Å². The second-order valence-electron chi connectivity index (χ2n) is 5.56. The molecule has 3 rings (SSSR count). The van der Waals surface area contributed by atoms with Crippen LogP contribution in [0.2, 0.25) is 0 Å². The Morgan fingerprint density at radius 1 is 1.36 bits per heavy atom. The summed E-state index contributed by atoms with van der Waals surface area (Å²) in [4.78, 5) is 26.7. The van der Waals surface area contributed by atoms with Crippen LogP contribution in [0.15, 0.2) is 30.6 Å². The number of nitrogens with one attached hydrogen (secondary N) is 1. The Labute approximate surface area is 146 Å². The summed E-state index contributed by atoms with van der Waals surface area (Å²) in [6.07, 6.45) is 3.15. The van der Waals surface area contributed by atoms with Crippen molar-refractivity contribution in [2.75, 3.05) is 44.4 Å². The van der Waals surface area contributed by atoms with Crippen LogP contribution in [-0.2, 0) is 4.74 Å². The molecule has 0 saturated carbocycles. The molecular formula is C17H21N5O3. The van der Waals surface area contributed by atoms with Crippen LogP contribution < -0.4 is 15.0 Å². The van der Waals surface area contributed by atoms with Gasteiger partial charge in [-0.05, 0) is 19.1 Å². The van der Waals surface area contributed by atoms with E-state index in [4.69, 9.17) is 9.47 Å². The predicted octanol–water partition coefficient (Wildman–Crippen LogP) is 0.825. The summed E-state index contributed by atoms with van der Waals surface area (Å²) >= 11 is 0. The van der Waals surface area contributed by atoms with E-state index < -0.39 is 0 Å². The van der Waals surface area contributed by atoms with Crippen molar-refractivity contribution in [1.82, 2.24) is 20.3 Å². The lowest BCUT2D eigenvalue weighted by molar-refractivity contribution is 0.0946. The van der Waals surface area contributed by atoms with Gasteiger partial charge < -0.3 is 19.7 Å². The van der Waals surface area contributed by atoms with Gasteiger partial charge in [-0.15, -0.1) is 0 Å². The summed E-state index contributed by atoms with van der Waals surface area (Å²) in [5.74, 6) is 1.82. The van der Waals surface area contributed by atoms with Gasteiger partial charge in [-0.25, -0.2) is 4.98 Å². The molecule has 0 radical (unpaired) electrons. The first-order valence-electron chi connectivity index (χ1n) is 8.22. The Hall–Kier alpha value is -2.74. The molecule has 0 bridgehead atoms. The maximum atomic E-state index is 11.9. The van der Waals surface area contributed by atoms with E-state index in [1.807, 2.05) is 13.0 Å². The molecule has 0 atom stereocenters. The average Bonchev–Trinajstić information content (AvgIpc) is 2.66. The first-order chi connectivity index (χ1) is 12.2. The molecule has 3 heterocycles. The van der Waals surface area contributed by atoms with Crippen LogP contribution >= 0.6 is 0 Å². The molecule has 1 fully saturated rings. The topological polar surface area (TPSA) is 89.5 Å². The van der Waals surface area contributed by atoms with Gasteiger partial charge >= 0.3 is 0 Å². The fourth-order valence-corrected chi connectivity index (χ4v) is 2.47. The van der Waals surface area contributed by atoms with Gasteiger partial charge in [0.1, 0.15) is 18.2 Å². The number of morpholine rings is 1. The van der Waals surface area contributed by atoms with Crippen LogP contribution in [0.3, 0.4) is 0 Å². The van der Waals surface area contributed by atoms with Crippen LogP contribution in [-0.4, -0.2) is 60.3 Å². The first-order valence-corrected chi connectivity index (χ1v) is 8.22. The van der Waals surface area contributed by atoms with E-state index in [-0.39, 0.29) is 5.91 Å². The summed E-state index contributed by atoms with van der Waals surface area (Å²) < 4.78 is 11.0. The second kappa shape index (κ2) is 8.39. The SMILES string of the molecule is Cc1nc(OCCNC(=O)c2cccnc2)cc(N2CCOCC2)n1. The van der Waals surface area contributed by atoms with Gasteiger partial charge in [0.05, 0.1) is 25.3 Å². The third-order valence-electron chi connectivity index (χ3n) is 3.70. The molecule has 0 spiro atoms. The number of hydrogen-bond donors (Lipinski definition) is 1. The van der Waals surface area contributed by atoms with Gasteiger partial charge in [-0.3, -0.25) is 9.78 Å². The lowest BCUT2D eigenvalue weighted by Gasteiger charge is -2.28. The Kier molecular flexibility index (Phi) is 5.73. The quantitative estimate of drug-likeness (QED) is 0.777. The monoisotopic (exact) mass is 343 g/mol. The number of aromatic nitrogens is 3. The van der Waals surface area contributed by atoms with Crippen LogP contribution in [0, 0.1) is 6.92 Å². The first kappa shape index (κ1) is 17.1. The van der Waals surface area contributed by atoms with Gasteiger partial charge in [0.25, 0.3) is 5.91 Å². The molecular weight excluding hydrogens is 322 g/mol. The van der Waals surface area contributed by atoms with E-state index in [9.17, 15) is 4.79 Å². The normalized spacial score (nSPS) is 14.2. The van der Waals surface area contributed by atoms with Gasteiger partial charge in [0.2, 0.25) is 5.88 Å². The lowest BCUT2D eigenvalue weighted by Crippen LogP contribution is -2.37. The average molecular weight is 343 g/mol. The number of anilines is 1. The van der Waals surface area contributed by atoms with E-state index in [2.05, 4.69) is 25.2 Å². The number of carbonyl (C=O) groups is 1. The van der Waals surface area contributed by atoms with Gasteiger partial charge in [0.15, 0.2) is 0 Å². The fourth-order valence-electron chi connectivity index (χ4n) is 2.47. The van der Waals surface area contributed by atoms with Crippen molar-refractivity contribution in [1.29, 1.82) is 0 Å². The standard InChI is InChI=1S/C17H21N5O3/c1-13-20-15(22-6-9-24-10-7-22)11-16(21-13)25-8-5-19-17(23)14-3-2-4-18-12-14/h2-4,11-12H,5-10H2,1H3,(H,19,23). The molecule has 2 aromatic heterocycles. The Balaban J connectivity index is 1.51. The summed E-state index contributed by atoms with van der Waals surface area (Å²) in [6, 6.07) is 5.26.